The Morgan fingerprint density at radius 2 is 2.43 bits per heavy atom. The summed E-state index contributed by atoms with van der Waals surface area (Å²) in [7, 11) is 0. The minimum atomic E-state index is -0.446. The Morgan fingerprint density at radius 3 is 3.14 bits per heavy atom. The highest BCUT2D eigenvalue weighted by Crippen LogP contribution is 2.14. The second-order valence-corrected chi connectivity index (χ2v) is 3.01. The van der Waals surface area contributed by atoms with Gasteiger partial charge in [-0.1, -0.05) is 6.92 Å². The standard InChI is InChI=1S/C10H9FN2O/c1-2-10(14)8-5-7(11)6-13-9(8)3-4-12-13/h3-6H,2H2,1H3. The van der Waals surface area contributed by atoms with Crippen molar-refractivity contribution >= 4 is 11.3 Å². The molecule has 0 saturated carbocycles. The predicted octanol–water partition coefficient (Wildman–Crippen LogP) is 2.07. The lowest BCUT2D eigenvalue weighted by Crippen LogP contribution is -2.02. The first-order valence-corrected chi connectivity index (χ1v) is 4.38. The van der Waals surface area contributed by atoms with Crippen LogP contribution in [0, 0.1) is 5.82 Å². The maximum atomic E-state index is 13.1. The van der Waals surface area contributed by atoms with E-state index in [0.717, 1.165) is 0 Å². The fourth-order valence-corrected chi connectivity index (χ4v) is 1.41. The average molecular weight is 192 g/mol. The van der Waals surface area contributed by atoms with Crippen molar-refractivity contribution in [3.63, 3.8) is 0 Å². The van der Waals surface area contributed by atoms with Crippen LogP contribution >= 0.6 is 0 Å². The van der Waals surface area contributed by atoms with Gasteiger partial charge in [0.2, 0.25) is 0 Å². The molecule has 2 heterocycles. The highest BCUT2D eigenvalue weighted by atomic mass is 19.1. The van der Waals surface area contributed by atoms with Crippen molar-refractivity contribution < 1.29 is 9.18 Å². The number of carbonyl (C=O) groups is 1. The molecule has 2 aromatic heterocycles. The SMILES string of the molecule is CCC(=O)c1cc(F)cn2nccc12. The molecule has 0 spiro atoms. The van der Waals surface area contributed by atoms with Gasteiger partial charge in [0.1, 0.15) is 5.82 Å². The molecule has 0 aliphatic heterocycles. The molecule has 3 nitrogen and oxygen atoms in total. The highest BCUT2D eigenvalue weighted by Gasteiger charge is 2.10. The third-order valence-corrected chi connectivity index (χ3v) is 2.10. The molecule has 0 saturated heterocycles. The highest BCUT2D eigenvalue weighted by molar-refractivity contribution is 6.01. The van der Waals surface area contributed by atoms with Gasteiger partial charge in [0, 0.05) is 12.0 Å². The number of halogens is 1. The summed E-state index contributed by atoms with van der Waals surface area (Å²) >= 11 is 0. The third-order valence-electron chi connectivity index (χ3n) is 2.10. The Labute approximate surface area is 80.2 Å². The van der Waals surface area contributed by atoms with E-state index < -0.39 is 5.82 Å². The van der Waals surface area contributed by atoms with Crippen LogP contribution in [0.3, 0.4) is 0 Å². The summed E-state index contributed by atoms with van der Waals surface area (Å²) in [6.45, 7) is 1.75. The predicted molar refractivity (Wildman–Crippen MR) is 49.8 cm³/mol. The lowest BCUT2D eigenvalue weighted by molar-refractivity contribution is 0.0989. The van der Waals surface area contributed by atoms with E-state index in [1.165, 1.54) is 16.8 Å². The van der Waals surface area contributed by atoms with E-state index in [0.29, 0.717) is 17.5 Å². The zero-order chi connectivity index (χ0) is 10.1. The molecular formula is C10H9FN2O. The summed E-state index contributed by atoms with van der Waals surface area (Å²) in [5.41, 5.74) is 1.04. The number of hydrogen-bond donors (Lipinski definition) is 0. The van der Waals surface area contributed by atoms with E-state index in [4.69, 9.17) is 0 Å². The van der Waals surface area contributed by atoms with Crippen molar-refractivity contribution in [2.45, 2.75) is 13.3 Å². The van der Waals surface area contributed by atoms with Gasteiger partial charge in [-0.05, 0) is 12.1 Å². The molecule has 2 rings (SSSR count). The van der Waals surface area contributed by atoms with E-state index in [9.17, 15) is 9.18 Å². The molecular weight excluding hydrogens is 183 g/mol. The molecule has 0 aliphatic carbocycles. The first-order chi connectivity index (χ1) is 6.72. The quantitative estimate of drug-likeness (QED) is 0.682. The molecule has 0 amide bonds. The number of nitrogens with zero attached hydrogens (tertiary/aromatic N) is 2. The average Bonchev–Trinajstić information content (AvgIpc) is 2.62. The lowest BCUT2D eigenvalue weighted by atomic mass is 10.1. The molecule has 0 atom stereocenters. The Kier molecular flexibility index (Phi) is 2.04. The topological polar surface area (TPSA) is 34.4 Å². The number of carbonyl (C=O) groups excluding carboxylic acids is 1. The molecule has 0 aliphatic rings. The van der Waals surface area contributed by atoms with Crippen molar-refractivity contribution in [1.82, 2.24) is 9.61 Å². The molecule has 0 radical (unpaired) electrons. The molecule has 0 unspecified atom stereocenters. The molecule has 4 heteroatoms. The molecule has 0 N–H and O–H groups in total. The van der Waals surface area contributed by atoms with Gasteiger partial charge >= 0.3 is 0 Å². The van der Waals surface area contributed by atoms with Crippen molar-refractivity contribution in [3.8, 4) is 0 Å². The number of Topliss-reactive ketones (excluding diaryl/α,β-unsaturated/α-hetero) is 1. The van der Waals surface area contributed by atoms with Gasteiger partial charge in [-0.25, -0.2) is 8.91 Å². The second-order valence-electron chi connectivity index (χ2n) is 3.01. The first kappa shape index (κ1) is 8.87. The molecule has 0 fully saturated rings. The van der Waals surface area contributed by atoms with Gasteiger partial charge < -0.3 is 0 Å². The molecule has 0 bridgehead atoms. The van der Waals surface area contributed by atoms with Gasteiger partial charge in [-0.15, -0.1) is 0 Å². The van der Waals surface area contributed by atoms with Crippen LogP contribution in [0.25, 0.3) is 5.52 Å². The fourth-order valence-electron chi connectivity index (χ4n) is 1.41. The molecule has 72 valence electrons. The van der Waals surface area contributed by atoms with E-state index in [2.05, 4.69) is 5.10 Å². The van der Waals surface area contributed by atoms with Gasteiger partial charge in [0.25, 0.3) is 0 Å². The molecule has 0 aromatic carbocycles. The van der Waals surface area contributed by atoms with Crippen molar-refractivity contribution in [2.75, 3.05) is 0 Å². The number of fused-ring (bicyclic) bond motifs is 1. The lowest BCUT2D eigenvalue weighted by Gasteiger charge is -2.01. The summed E-state index contributed by atoms with van der Waals surface area (Å²) in [4.78, 5) is 11.5. The normalized spacial score (nSPS) is 10.7. The van der Waals surface area contributed by atoms with E-state index in [1.807, 2.05) is 0 Å². The smallest absolute Gasteiger partial charge is 0.164 e. The van der Waals surface area contributed by atoms with Crippen molar-refractivity contribution in [1.29, 1.82) is 0 Å². The Bertz CT molecular complexity index is 490. The number of rotatable bonds is 2. The zero-order valence-electron chi connectivity index (χ0n) is 7.70. The monoisotopic (exact) mass is 192 g/mol. The van der Waals surface area contributed by atoms with Gasteiger partial charge in [0.15, 0.2) is 5.78 Å². The van der Waals surface area contributed by atoms with Gasteiger partial charge in [-0.3, -0.25) is 4.79 Å². The summed E-state index contributed by atoms with van der Waals surface area (Å²) < 4.78 is 14.4. The van der Waals surface area contributed by atoms with Crippen LogP contribution in [0.2, 0.25) is 0 Å². The van der Waals surface area contributed by atoms with Crippen LogP contribution in [0.5, 0.6) is 0 Å². The summed E-state index contributed by atoms with van der Waals surface area (Å²) in [5.74, 6) is -0.520. The van der Waals surface area contributed by atoms with Crippen LogP contribution in [0.1, 0.15) is 23.7 Å². The van der Waals surface area contributed by atoms with Crippen LogP contribution in [-0.4, -0.2) is 15.4 Å². The summed E-state index contributed by atoms with van der Waals surface area (Å²) in [5, 5.41) is 3.88. The van der Waals surface area contributed by atoms with Gasteiger partial charge in [0.05, 0.1) is 17.9 Å². The van der Waals surface area contributed by atoms with E-state index >= 15 is 0 Å². The minimum absolute atomic E-state index is 0.0741. The van der Waals surface area contributed by atoms with E-state index in [-0.39, 0.29) is 5.78 Å². The maximum absolute atomic E-state index is 13.1. The second kappa shape index (κ2) is 3.21. The van der Waals surface area contributed by atoms with Crippen LogP contribution in [-0.2, 0) is 0 Å². The Balaban J connectivity index is 2.72. The largest absolute Gasteiger partial charge is 0.294 e. The number of hydrogen-bond acceptors (Lipinski definition) is 2. The third kappa shape index (κ3) is 1.28. The molecule has 2 aromatic rings. The van der Waals surface area contributed by atoms with Crippen molar-refractivity contribution in [2.24, 2.45) is 0 Å². The summed E-state index contributed by atoms with van der Waals surface area (Å²) in [6.07, 6.45) is 3.16. The first-order valence-electron chi connectivity index (χ1n) is 4.38. The number of ketones is 1. The maximum Gasteiger partial charge on any atom is 0.164 e. The van der Waals surface area contributed by atoms with Crippen LogP contribution in [0.15, 0.2) is 24.5 Å². The van der Waals surface area contributed by atoms with Gasteiger partial charge in [-0.2, -0.15) is 5.10 Å². The van der Waals surface area contributed by atoms with Crippen molar-refractivity contribution in [3.05, 3.63) is 35.9 Å². The number of pyridine rings is 1. The minimum Gasteiger partial charge on any atom is -0.294 e. The Morgan fingerprint density at radius 1 is 1.64 bits per heavy atom. The zero-order valence-corrected chi connectivity index (χ0v) is 7.70. The molecule has 14 heavy (non-hydrogen) atoms. The van der Waals surface area contributed by atoms with Crippen LogP contribution in [0.4, 0.5) is 4.39 Å². The van der Waals surface area contributed by atoms with Crippen LogP contribution < -0.4 is 0 Å². The fraction of sp³-hybridized carbons (Fsp3) is 0.200. The Hall–Kier alpha value is -1.71. The summed E-state index contributed by atoms with van der Waals surface area (Å²) in [6, 6.07) is 2.95. The van der Waals surface area contributed by atoms with E-state index in [1.54, 1.807) is 19.2 Å². The number of aromatic nitrogens is 2.